The van der Waals surface area contributed by atoms with Gasteiger partial charge in [0.1, 0.15) is 0 Å². The number of benzene rings is 1. The molecule has 0 aliphatic heterocycles. The van der Waals surface area contributed by atoms with Gasteiger partial charge in [-0.05, 0) is 30.2 Å². The Hall–Kier alpha value is -0.750. The number of nitrogens with zero attached hydrogens (tertiary/aromatic N) is 1. The molecule has 1 unspecified atom stereocenters. The molecule has 1 aromatic carbocycles. The fourth-order valence-electron chi connectivity index (χ4n) is 2.17. The summed E-state index contributed by atoms with van der Waals surface area (Å²) in [7, 11) is 0. The molecular weight excluding hydrogens is 346 g/mol. The molecule has 2 aromatic rings. The normalized spacial score (nSPS) is 13.4. The maximum Gasteiger partial charge on any atom is 0.0948 e. The molecule has 0 aliphatic rings. The second-order valence-corrected chi connectivity index (χ2v) is 8.16. The molecule has 0 aliphatic carbocycles. The molecule has 0 spiro atoms. The van der Waals surface area contributed by atoms with Crippen molar-refractivity contribution >= 4 is 27.3 Å². The van der Waals surface area contributed by atoms with Crippen molar-refractivity contribution in [2.24, 2.45) is 5.84 Å². The number of nitrogens with two attached hydrogens (primary N) is 1. The first-order valence-corrected chi connectivity index (χ1v) is 8.65. The summed E-state index contributed by atoms with van der Waals surface area (Å²) in [5.74, 6) is 5.78. The fourth-order valence-corrected chi connectivity index (χ4v) is 3.62. The standard InChI is InChI=1S/C16H22BrN3S/c1-10-5-6-11(17)7-12(10)13(20-18)8-15-19-14(9-21-15)16(2,3)4/h5-7,9,13,20H,8,18H2,1-4H3. The van der Waals surface area contributed by atoms with E-state index in [2.05, 4.69) is 66.6 Å². The summed E-state index contributed by atoms with van der Waals surface area (Å²) >= 11 is 5.23. The molecule has 0 radical (unpaired) electrons. The fraction of sp³-hybridized carbons (Fsp3) is 0.438. The summed E-state index contributed by atoms with van der Waals surface area (Å²) in [6.45, 7) is 8.66. The van der Waals surface area contributed by atoms with Gasteiger partial charge in [0.2, 0.25) is 0 Å². The van der Waals surface area contributed by atoms with Crippen molar-refractivity contribution in [3.8, 4) is 0 Å². The zero-order valence-corrected chi connectivity index (χ0v) is 15.3. The Kier molecular flexibility index (Phi) is 5.20. The Morgan fingerprint density at radius 1 is 1.38 bits per heavy atom. The van der Waals surface area contributed by atoms with Crippen molar-refractivity contribution in [2.75, 3.05) is 0 Å². The van der Waals surface area contributed by atoms with Gasteiger partial charge in [-0.1, -0.05) is 42.8 Å². The van der Waals surface area contributed by atoms with E-state index in [-0.39, 0.29) is 11.5 Å². The van der Waals surface area contributed by atoms with Crippen LogP contribution in [0.5, 0.6) is 0 Å². The van der Waals surface area contributed by atoms with Crippen LogP contribution < -0.4 is 11.3 Å². The maximum atomic E-state index is 5.78. The van der Waals surface area contributed by atoms with Crippen molar-refractivity contribution in [1.29, 1.82) is 0 Å². The van der Waals surface area contributed by atoms with E-state index < -0.39 is 0 Å². The van der Waals surface area contributed by atoms with Crippen LogP contribution in [0.3, 0.4) is 0 Å². The Bertz CT molecular complexity index is 616. The predicted octanol–water partition coefficient (Wildman–Crippen LogP) is 4.26. The van der Waals surface area contributed by atoms with E-state index in [9.17, 15) is 0 Å². The molecule has 3 N–H and O–H groups in total. The number of hydrogen-bond donors (Lipinski definition) is 2. The third-order valence-corrected chi connectivity index (χ3v) is 4.88. The van der Waals surface area contributed by atoms with Crippen LogP contribution in [0.4, 0.5) is 0 Å². The van der Waals surface area contributed by atoms with Gasteiger partial charge in [0.25, 0.3) is 0 Å². The highest BCUT2D eigenvalue weighted by Crippen LogP contribution is 2.28. The molecule has 0 amide bonds. The van der Waals surface area contributed by atoms with E-state index in [0.29, 0.717) is 0 Å². The number of thiazole rings is 1. The Labute approximate surface area is 139 Å². The number of nitrogens with one attached hydrogen (secondary N) is 1. The predicted molar refractivity (Wildman–Crippen MR) is 93.5 cm³/mol. The molecule has 0 fully saturated rings. The van der Waals surface area contributed by atoms with Crippen LogP contribution in [-0.2, 0) is 11.8 Å². The van der Waals surface area contributed by atoms with Crippen molar-refractivity contribution in [1.82, 2.24) is 10.4 Å². The van der Waals surface area contributed by atoms with E-state index in [1.165, 1.54) is 11.1 Å². The zero-order chi connectivity index (χ0) is 15.6. The van der Waals surface area contributed by atoms with Gasteiger partial charge in [0.15, 0.2) is 0 Å². The molecule has 0 bridgehead atoms. The molecule has 114 valence electrons. The van der Waals surface area contributed by atoms with E-state index in [0.717, 1.165) is 21.6 Å². The summed E-state index contributed by atoms with van der Waals surface area (Å²) in [6.07, 6.45) is 0.800. The number of hydrogen-bond acceptors (Lipinski definition) is 4. The smallest absolute Gasteiger partial charge is 0.0948 e. The molecule has 1 heterocycles. The monoisotopic (exact) mass is 367 g/mol. The van der Waals surface area contributed by atoms with Gasteiger partial charge in [-0.3, -0.25) is 11.3 Å². The third kappa shape index (κ3) is 4.13. The number of rotatable bonds is 4. The zero-order valence-electron chi connectivity index (χ0n) is 12.9. The highest BCUT2D eigenvalue weighted by Gasteiger charge is 2.20. The largest absolute Gasteiger partial charge is 0.271 e. The quantitative estimate of drug-likeness (QED) is 0.626. The van der Waals surface area contributed by atoms with Gasteiger partial charge in [0.05, 0.1) is 16.7 Å². The first-order chi connectivity index (χ1) is 9.81. The van der Waals surface area contributed by atoms with E-state index in [1.807, 2.05) is 6.07 Å². The van der Waals surface area contributed by atoms with Crippen molar-refractivity contribution in [3.05, 3.63) is 49.9 Å². The number of aromatic nitrogens is 1. The highest BCUT2D eigenvalue weighted by atomic mass is 79.9. The molecule has 2 rings (SSSR count). The first kappa shape index (κ1) is 16.6. The molecule has 0 saturated carbocycles. The third-order valence-electron chi connectivity index (χ3n) is 3.52. The minimum absolute atomic E-state index is 0.0708. The molecule has 1 atom stereocenters. The molecular formula is C16H22BrN3S. The Balaban J connectivity index is 2.23. The van der Waals surface area contributed by atoms with Crippen molar-refractivity contribution in [2.45, 2.75) is 45.6 Å². The lowest BCUT2D eigenvalue weighted by atomic mass is 9.93. The Morgan fingerprint density at radius 3 is 2.67 bits per heavy atom. The topological polar surface area (TPSA) is 50.9 Å². The van der Waals surface area contributed by atoms with Crippen LogP contribution in [0.1, 0.15) is 48.6 Å². The summed E-state index contributed by atoms with van der Waals surface area (Å²) in [5.41, 5.74) is 6.60. The maximum absolute atomic E-state index is 5.78. The Morgan fingerprint density at radius 2 is 2.10 bits per heavy atom. The van der Waals surface area contributed by atoms with Gasteiger partial charge >= 0.3 is 0 Å². The summed E-state index contributed by atoms with van der Waals surface area (Å²) in [4.78, 5) is 4.76. The van der Waals surface area contributed by atoms with Gasteiger partial charge in [0, 0.05) is 21.7 Å². The lowest BCUT2D eigenvalue weighted by Gasteiger charge is -2.18. The SMILES string of the molecule is Cc1ccc(Br)cc1C(Cc1nc(C(C)(C)C)cs1)NN. The number of halogens is 1. The highest BCUT2D eigenvalue weighted by molar-refractivity contribution is 9.10. The van der Waals surface area contributed by atoms with Gasteiger partial charge in [-0.25, -0.2) is 4.98 Å². The average Bonchev–Trinajstić information content (AvgIpc) is 2.87. The second-order valence-electron chi connectivity index (χ2n) is 6.30. The van der Waals surface area contributed by atoms with Crippen molar-refractivity contribution < 1.29 is 0 Å². The van der Waals surface area contributed by atoms with Gasteiger partial charge < -0.3 is 0 Å². The number of aryl methyl sites for hydroxylation is 1. The minimum atomic E-state index is 0.0708. The minimum Gasteiger partial charge on any atom is -0.271 e. The van der Waals surface area contributed by atoms with Crippen LogP contribution in [0.2, 0.25) is 0 Å². The van der Waals surface area contributed by atoms with Crippen LogP contribution in [0.25, 0.3) is 0 Å². The molecule has 1 aromatic heterocycles. The van der Waals surface area contributed by atoms with E-state index in [4.69, 9.17) is 10.8 Å². The number of hydrazine groups is 1. The lowest BCUT2D eigenvalue weighted by molar-refractivity contribution is 0.539. The molecule has 3 nitrogen and oxygen atoms in total. The second kappa shape index (κ2) is 6.57. The van der Waals surface area contributed by atoms with E-state index in [1.54, 1.807) is 11.3 Å². The molecule has 0 saturated heterocycles. The first-order valence-electron chi connectivity index (χ1n) is 6.98. The average molecular weight is 368 g/mol. The molecule has 5 heteroatoms. The summed E-state index contributed by atoms with van der Waals surface area (Å²) < 4.78 is 1.07. The summed E-state index contributed by atoms with van der Waals surface area (Å²) in [6, 6.07) is 6.35. The van der Waals surface area contributed by atoms with Crippen LogP contribution in [0.15, 0.2) is 28.1 Å². The van der Waals surface area contributed by atoms with Gasteiger partial charge in [-0.2, -0.15) is 0 Å². The van der Waals surface area contributed by atoms with Crippen LogP contribution >= 0.6 is 27.3 Å². The lowest BCUT2D eigenvalue weighted by Crippen LogP contribution is -2.30. The molecule has 21 heavy (non-hydrogen) atoms. The van der Waals surface area contributed by atoms with Gasteiger partial charge in [-0.15, -0.1) is 11.3 Å². The van der Waals surface area contributed by atoms with Crippen LogP contribution in [0, 0.1) is 6.92 Å². The summed E-state index contributed by atoms with van der Waals surface area (Å²) in [5, 5.41) is 3.26. The van der Waals surface area contributed by atoms with Crippen molar-refractivity contribution in [3.63, 3.8) is 0 Å². The van der Waals surface area contributed by atoms with E-state index >= 15 is 0 Å². The van der Waals surface area contributed by atoms with Crippen LogP contribution in [-0.4, -0.2) is 4.98 Å².